The summed E-state index contributed by atoms with van der Waals surface area (Å²) in [7, 11) is 7.01. The van der Waals surface area contributed by atoms with Crippen LogP contribution in [0.15, 0.2) is 41.4 Å². The van der Waals surface area contributed by atoms with E-state index in [4.69, 9.17) is 16.6 Å². The highest BCUT2D eigenvalue weighted by Gasteiger charge is 2.43. The summed E-state index contributed by atoms with van der Waals surface area (Å²) in [4.78, 5) is 34.4. The SMILES string of the molecule is CN(C)C(=O)c1ccc(C(=O)N(C)C)c2c1CC1(CCCCC1)C(=NCc1cccc(Cl)c1)N2. The van der Waals surface area contributed by atoms with Gasteiger partial charge in [0.15, 0.2) is 0 Å². The number of hydrogen-bond acceptors (Lipinski definition) is 3. The molecular formula is C27H33ClN4O2. The number of rotatable bonds is 4. The van der Waals surface area contributed by atoms with Crippen molar-refractivity contribution in [3.8, 4) is 0 Å². The number of aliphatic imine (C=N–C) groups is 1. The van der Waals surface area contributed by atoms with Gasteiger partial charge in [0, 0.05) is 44.2 Å². The predicted octanol–water partition coefficient (Wildman–Crippen LogP) is 5.26. The summed E-state index contributed by atoms with van der Waals surface area (Å²) in [6.07, 6.45) is 6.18. The van der Waals surface area contributed by atoms with Gasteiger partial charge in [-0.1, -0.05) is 43.0 Å². The minimum atomic E-state index is -0.162. The number of carbonyl (C=O) groups is 2. The molecule has 0 aromatic heterocycles. The molecule has 4 rings (SSSR count). The number of fused-ring (bicyclic) bond motifs is 1. The van der Waals surface area contributed by atoms with Gasteiger partial charge in [0.2, 0.25) is 0 Å². The van der Waals surface area contributed by atoms with Crippen molar-refractivity contribution in [3.05, 3.63) is 63.7 Å². The van der Waals surface area contributed by atoms with Crippen LogP contribution in [0.1, 0.15) is 63.9 Å². The van der Waals surface area contributed by atoms with Gasteiger partial charge in [-0.05, 0) is 54.7 Å². The van der Waals surface area contributed by atoms with E-state index in [-0.39, 0.29) is 17.2 Å². The third-order valence-corrected chi connectivity index (χ3v) is 7.20. The van der Waals surface area contributed by atoms with Gasteiger partial charge in [0.05, 0.1) is 17.8 Å². The van der Waals surface area contributed by atoms with Crippen LogP contribution in [-0.2, 0) is 13.0 Å². The number of benzene rings is 2. The van der Waals surface area contributed by atoms with Crippen LogP contribution in [0, 0.1) is 5.41 Å². The van der Waals surface area contributed by atoms with Gasteiger partial charge in [-0.25, -0.2) is 0 Å². The Hall–Kier alpha value is -2.86. The van der Waals surface area contributed by atoms with Crippen LogP contribution < -0.4 is 5.32 Å². The highest BCUT2D eigenvalue weighted by Crippen LogP contribution is 2.47. The molecule has 1 saturated carbocycles. The first-order valence-electron chi connectivity index (χ1n) is 11.9. The van der Waals surface area contributed by atoms with Crippen LogP contribution >= 0.6 is 11.6 Å². The minimum absolute atomic E-state index is 0.0489. The van der Waals surface area contributed by atoms with Crippen molar-refractivity contribution >= 4 is 34.9 Å². The Labute approximate surface area is 207 Å². The van der Waals surface area contributed by atoms with E-state index in [0.29, 0.717) is 34.8 Å². The number of anilines is 1. The summed E-state index contributed by atoms with van der Waals surface area (Å²) >= 11 is 6.19. The number of carbonyl (C=O) groups excluding carboxylic acids is 2. The van der Waals surface area contributed by atoms with Gasteiger partial charge in [0.25, 0.3) is 11.8 Å². The Kier molecular flexibility index (Phi) is 6.99. The van der Waals surface area contributed by atoms with E-state index < -0.39 is 0 Å². The fraction of sp³-hybridized carbons (Fsp3) is 0.444. The molecule has 1 spiro atoms. The molecule has 7 heteroatoms. The lowest BCUT2D eigenvalue weighted by atomic mass is 9.66. The molecule has 1 aliphatic heterocycles. The van der Waals surface area contributed by atoms with Gasteiger partial charge in [-0.2, -0.15) is 0 Å². The number of hydrogen-bond donors (Lipinski definition) is 1. The fourth-order valence-electron chi connectivity index (χ4n) is 5.16. The van der Waals surface area contributed by atoms with E-state index in [2.05, 4.69) is 5.32 Å². The molecule has 34 heavy (non-hydrogen) atoms. The Morgan fingerprint density at radius 2 is 1.62 bits per heavy atom. The van der Waals surface area contributed by atoms with Crippen LogP contribution in [0.2, 0.25) is 5.02 Å². The molecule has 2 aromatic rings. The molecule has 2 aliphatic rings. The van der Waals surface area contributed by atoms with Crippen molar-refractivity contribution < 1.29 is 9.59 Å². The number of nitrogens with one attached hydrogen (secondary N) is 1. The van der Waals surface area contributed by atoms with Crippen LogP contribution in [0.25, 0.3) is 0 Å². The van der Waals surface area contributed by atoms with Gasteiger partial charge < -0.3 is 15.1 Å². The average Bonchev–Trinajstić information content (AvgIpc) is 2.81. The van der Waals surface area contributed by atoms with Gasteiger partial charge in [0.1, 0.15) is 5.84 Å². The molecule has 6 nitrogen and oxygen atoms in total. The third-order valence-electron chi connectivity index (χ3n) is 6.97. The highest BCUT2D eigenvalue weighted by atomic mass is 35.5. The van der Waals surface area contributed by atoms with Crippen molar-refractivity contribution in [3.63, 3.8) is 0 Å². The molecular weight excluding hydrogens is 448 g/mol. The molecule has 0 atom stereocenters. The molecule has 1 heterocycles. The summed E-state index contributed by atoms with van der Waals surface area (Å²) in [5, 5.41) is 4.27. The molecule has 180 valence electrons. The lowest BCUT2D eigenvalue weighted by Gasteiger charge is -2.43. The monoisotopic (exact) mass is 480 g/mol. The quantitative estimate of drug-likeness (QED) is 0.649. The first-order valence-corrected chi connectivity index (χ1v) is 12.3. The smallest absolute Gasteiger partial charge is 0.255 e. The van der Waals surface area contributed by atoms with Crippen LogP contribution in [-0.4, -0.2) is 55.6 Å². The second-order valence-corrected chi connectivity index (χ2v) is 10.3. The minimum Gasteiger partial charge on any atom is -0.345 e. The van der Waals surface area contributed by atoms with Crippen molar-refractivity contribution in [2.24, 2.45) is 10.4 Å². The van der Waals surface area contributed by atoms with Gasteiger partial charge in [-0.3, -0.25) is 14.6 Å². The van der Waals surface area contributed by atoms with Crippen molar-refractivity contribution in [2.45, 2.75) is 45.1 Å². The standard InChI is InChI=1S/C27H33ClN4O2/c1-31(2)24(33)20-11-12-21(25(34)32(3)4)23-22(20)16-27(13-6-5-7-14-27)26(30-23)29-17-18-9-8-10-19(28)15-18/h8-12,15H,5-7,13-14,16-17H2,1-4H3,(H,29,30). The molecule has 1 aliphatic carbocycles. The van der Waals surface area contributed by atoms with Gasteiger partial charge >= 0.3 is 0 Å². The van der Waals surface area contributed by atoms with Crippen molar-refractivity contribution in [2.75, 3.05) is 33.5 Å². The van der Waals surface area contributed by atoms with E-state index in [0.717, 1.165) is 42.6 Å². The second kappa shape index (κ2) is 9.79. The second-order valence-electron chi connectivity index (χ2n) is 9.85. The highest BCUT2D eigenvalue weighted by molar-refractivity contribution is 6.30. The van der Waals surface area contributed by atoms with Crippen molar-refractivity contribution in [1.29, 1.82) is 0 Å². The maximum atomic E-state index is 13.1. The van der Waals surface area contributed by atoms with Crippen LogP contribution in [0.4, 0.5) is 5.69 Å². The maximum absolute atomic E-state index is 13.1. The summed E-state index contributed by atoms with van der Waals surface area (Å²) < 4.78 is 0. The predicted molar refractivity (Wildman–Crippen MR) is 138 cm³/mol. The Balaban J connectivity index is 1.84. The first-order chi connectivity index (χ1) is 16.2. The number of nitrogens with zero attached hydrogens (tertiary/aromatic N) is 3. The topological polar surface area (TPSA) is 65.0 Å². The number of amides is 2. The van der Waals surface area contributed by atoms with E-state index in [9.17, 15) is 9.59 Å². The summed E-state index contributed by atoms with van der Waals surface area (Å²) in [6.45, 7) is 0.507. The molecule has 2 aromatic carbocycles. The summed E-state index contributed by atoms with van der Waals surface area (Å²) in [5.41, 5.74) is 3.74. The average molecular weight is 481 g/mol. The Morgan fingerprint density at radius 1 is 0.971 bits per heavy atom. The summed E-state index contributed by atoms with van der Waals surface area (Å²) in [5.74, 6) is 0.774. The largest absolute Gasteiger partial charge is 0.345 e. The van der Waals surface area contributed by atoms with Crippen LogP contribution in [0.5, 0.6) is 0 Å². The van der Waals surface area contributed by atoms with E-state index >= 15 is 0 Å². The zero-order valence-corrected chi connectivity index (χ0v) is 21.2. The third kappa shape index (κ3) is 4.69. The molecule has 0 unspecified atom stereocenters. The fourth-order valence-corrected chi connectivity index (χ4v) is 5.38. The molecule has 0 radical (unpaired) electrons. The Bertz CT molecular complexity index is 1130. The first kappa shape index (κ1) is 24.3. The molecule has 2 amide bonds. The van der Waals surface area contributed by atoms with Gasteiger partial charge in [-0.15, -0.1) is 0 Å². The van der Waals surface area contributed by atoms with E-state index in [1.165, 1.54) is 6.42 Å². The number of halogens is 1. The van der Waals surface area contributed by atoms with E-state index in [1.54, 1.807) is 44.1 Å². The maximum Gasteiger partial charge on any atom is 0.255 e. The Morgan fingerprint density at radius 3 is 2.26 bits per heavy atom. The zero-order chi connectivity index (χ0) is 24.5. The molecule has 1 fully saturated rings. The van der Waals surface area contributed by atoms with E-state index in [1.807, 2.05) is 30.3 Å². The molecule has 0 saturated heterocycles. The van der Waals surface area contributed by atoms with Crippen molar-refractivity contribution in [1.82, 2.24) is 9.80 Å². The lowest BCUT2D eigenvalue weighted by Crippen LogP contribution is -2.45. The number of amidine groups is 1. The molecule has 0 bridgehead atoms. The van der Waals surface area contributed by atoms with Crippen LogP contribution in [0.3, 0.4) is 0 Å². The summed E-state index contributed by atoms with van der Waals surface area (Å²) in [6, 6.07) is 11.3. The lowest BCUT2D eigenvalue weighted by molar-refractivity contribution is 0.0815. The zero-order valence-electron chi connectivity index (χ0n) is 20.4. The molecule has 1 N–H and O–H groups in total. The normalized spacial score (nSPS) is 17.7.